The molecule has 1 aliphatic rings. The molecule has 0 saturated carbocycles. The summed E-state index contributed by atoms with van der Waals surface area (Å²) in [6.07, 6.45) is 1.74. The van der Waals surface area contributed by atoms with Crippen LogP contribution in [-0.4, -0.2) is 36.1 Å². The van der Waals surface area contributed by atoms with Gasteiger partial charge in [-0.25, -0.2) is 9.97 Å². The number of anilines is 1. The summed E-state index contributed by atoms with van der Waals surface area (Å²) in [6.45, 7) is 5.42. The zero-order valence-corrected chi connectivity index (χ0v) is 10.4. The van der Waals surface area contributed by atoms with Crippen LogP contribution in [0.15, 0.2) is 12.3 Å². The first-order chi connectivity index (χ1) is 8.11. The molecule has 2 atom stereocenters. The standard InChI is InChI=1S/C12H17N3O2/c1-8-6-15(7-10(8)11(16)17-3)12-13-5-4-9(2)14-12/h4-5,8,10H,6-7H2,1-3H3. The van der Waals surface area contributed by atoms with E-state index in [4.69, 9.17) is 4.74 Å². The van der Waals surface area contributed by atoms with Gasteiger partial charge in [0, 0.05) is 25.0 Å². The smallest absolute Gasteiger partial charge is 0.310 e. The van der Waals surface area contributed by atoms with Crippen molar-refractivity contribution in [3.05, 3.63) is 18.0 Å². The summed E-state index contributed by atoms with van der Waals surface area (Å²) in [6, 6.07) is 1.86. The van der Waals surface area contributed by atoms with Gasteiger partial charge in [-0.3, -0.25) is 4.79 Å². The third-order valence-electron chi connectivity index (χ3n) is 3.18. The van der Waals surface area contributed by atoms with E-state index < -0.39 is 0 Å². The van der Waals surface area contributed by atoms with Gasteiger partial charge in [0.15, 0.2) is 0 Å². The molecule has 0 spiro atoms. The van der Waals surface area contributed by atoms with Gasteiger partial charge < -0.3 is 9.64 Å². The Morgan fingerprint density at radius 1 is 1.53 bits per heavy atom. The number of rotatable bonds is 2. The number of hydrogen-bond donors (Lipinski definition) is 0. The summed E-state index contributed by atoms with van der Waals surface area (Å²) >= 11 is 0. The molecule has 1 aromatic heterocycles. The second kappa shape index (κ2) is 4.69. The van der Waals surface area contributed by atoms with Crippen molar-refractivity contribution in [2.24, 2.45) is 11.8 Å². The predicted octanol–water partition coefficient (Wildman–Crippen LogP) is 1.03. The van der Waals surface area contributed by atoms with E-state index in [1.165, 1.54) is 7.11 Å². The van der Waals surface area contributed by atoms with Crippen molar-refractivity contribution in [3.8, 4) is 0 Å². The highest BCUT2D eigenvalue weighted by Gasteiger charge is 2.36. The van der Waals surface area contributed by atoms with Gasteiger partial charge in [0.25, 0.3) is 0 Å². The molecule has 0 aromatic carbocycles. The van der Waals surface area contributed by atoms with Crippen LogP contribution in [0.3, 0.4) is 0 Å². The van der Waals surface area contributed by atoms with Crippen molar-refractivity contribution < 1.29 is 9.53 Å². The second-order valence-corrected chi connectivity index (χ2v) is 4.51. The highest BCUT2D eigenvalue weighted by Crippen LogP contribution is 2.26. The largest absolute Gasteiger partial charge is 0.469 e. The van der Waals surface area contributed by atoms with Crippen molar-refractivity contribution in [2.75, 3.05) is 25.1 Å². The van der Waals surface area contributed by atoms with E-state index >= 15 is 0 Å². The van der Waals surface area contributed by atoms with Crippen LogP contribution < -0.4 is 4.90 Å². The number of aromatic nitrogens is 2. The van der Waals surface area contributed by atoms with Crippen LogP contribution in [0.2, 0.25) is 0 Å². The molecular formula is C12H17N3O2. The van der Waals surface area contributed by atoms with Crippen molar-refractivity contribution in [3.63, 3.8) is 0 Å². The zero-order valence-electron chi connectivity index (χ0n) is 10.4. The second-order valence-electron chi connectivity index (χ2n) is 4.51. The molecule has 1 fully saturated rings. The van der Waals surface area contributed by atoms with Gasteiger partial charge in [-0.05, 0) is 18.9 Å². The van der Waals surface area contributed by atoms with Crippen LogP contribution in [0.4, 0.5) is 5.95 Å². The van der Waals surface area contributed by atoms with Gasteiger partial charge in [-0.15, -0.1) is 0 Å². The fourth-order valence-corrected chi connectivity index (χ4v) is 2.18. The lowest BCUT2D eigenvalue weighted by molar-refractivity contribution is -0.145. The molecule has 1 saturated heterocycles. The van der Waals surface area contributed by atoms with E-state index in [0.717, 1.165) is 12.2 Å². The van der Waals surface area contributed by atoms with Gasteiger partial charge in [-0.1, -0.05) is 6.92 Å². The molecule has 1 aliphatic heterocycles. The van der Waals surface area contributed by atoms with E-state index in [2.05, 4.69) is 16.9 Å². The van der Waals surface area contributed by atoms with Crippen LogP contribution in [0.25, 0.3) is 0 Å². The number of ether oxygens (including phenoxy) is 1. The van der Waals surface area contributed by atoms with Gasteiger partial charge in [0.1, 0.15) is 0 Å². The summed E-state index contributed by atoms with van der Waals surface area (Å²) in [5.74, 6) is 0.742. The summed E-state index contributed by atoms with van der Waals surface area (Å²) in [4.78, 5) is 22.2. The van der Waals surface area contributed by atoms with Gasteiger partial charge in [0.05, 0.1) is 13.0 Å². The molecule has 92 valence electrons. The predicted molar refractivity (Wildman–Crippen MR) is 63.7 cm³/mol. The van der Waals surface area contributed by atoms with Crippen LogP contribution in [-0.2, 0) is 9.53 Å². The van der Waals surface area contributed by atoms with E-state index in [1.54, 1.807) is 6.20 Å². The lowest BCUT2D eigenvalue weighted by Crippen LogP contribution is -2.25. The van der Waals surface area contributed by atoms with Crippen LogP contribution >= 0.6 is 0 Å². The number of hydrogen-bond acceptors (Lipinski definition) is 5. The normalized spacial score (nSPS) is 23.8. The van der Waals surface area contributed by atoms with Crippen molar-refractivity contribution in [2.45, 2.75) is 13.8 Å². The number of carbonyl (C=O) groups is 1. The third kappa shape index (κ3) is 2.38. The van der Waals surface area contributed by atoms with E-state index in [-0.39, 0.29) is 17.8 Å². The van der Waals surface area contributed by atoms with Gasteiger partial charge in [0.2, 0.25) is 5.95 Å². The number of methoxy groups -OCH3 is 1. The first kappa shape index (κ1) is 11.8. The van der Waals surface area contributed by atoms with E-state index in [9.17, 15) is 4.79 Å². The number of aryl methyl sites for hydroxylation is 1. The molecule has 2 unspecified atom stereocenters. The van der Waals surface area contributed by atoms with Gasteiger partial charge >= 0.3 is 5.97 Å². The Hall–Kier alpha value is -1.65. The molecular weight excluding hydrogens is 218 g/mol. The minimum atomic E-state index is -0.146. The highest BCUT2D eigenvalue weighted by atomic mass is 16.5. The maximum atomic E-state index is 11.6. The highest BCUT2D eigenvalue weighted by molar-refractivity contribution is 5.74. The monoisotopic (exact) mass is 235 g/mol. The molecule has 2 heterocycles. The van der Waals surface area contributed by atoms with Gasteiger partial charge in [-0.2, -0.15) is 0 Å². The molecule has 0 aliphatic carbocycles. The fraction of sp³-hybridized carbons (Fsp3) is 0.583. The average molecular weight is 235 g/mol. The lowest BCUT2D eigenvalue weighted by Gasteiger charge is -2.15. The quantitative estimate of drug-likeness (QED) is 0.717. The fourth-order valence-electron chi connectivity index (χ4n) is 2.18. The number of carbonyl (C=O) groups excluding carboxylic acids is 1. The van der Waals surface area contributed by atoms with Crippen LogP contribution in [0.1, 0.15) is 12.6 Å². The Balaban J connectivity index is 2.13. The van der Waals surface area contributed by atoms with E-state index in [1.807, 2.05) is 17.9 Å². The summed E-state index contributed by atoms with van der Waals surface area (Å²) in [5, 5.41) is 0. The molecule has 5 nitrogen and oxygen atoms in total. The molecule has 0 radical (unpaired) electrons. The first-order valence-corrected chi connectivity index (χ1v) is 5.74. The molecule has 2 rings (SSSR count). The maximum Gasteiger partial charge on any atom is 0.310 e. The molecule has 0 amide bonds. The molecule has 0 N–H and O–H groups in total. The Morgan fingerprint density at radius 3 is 2.94 bits per heavy atom. The molecule has 0 bridgehead atoms. The van der Waals surface area contributed by atoms with Crippen molar-refractivity contribution in [1.82, 2.24) is 9.97 Å². The Morgan fingerprint density at radius 2 is 2.29 bits per heavy atom. The van der Waals surface area contributed by atoms with Crippen molar-refractivity contribution in [1.29, 1.82) is 0 Å². The molecule has 5 heteroatoms. The summed E-state index contributed by atoms with van der Waals surface area (Å²) in [5.41, 5.74) is 0.934. The Bertz CT molecular complexity index is 422. The molecule has 1 aromatic rings. The van der Waals surface area contributed by atoms with Crippen LogP contribution in [0.5, 0.6) is 0 Å². The minimum Gasteiger partial charge on any atom is -0.469 e. The van der Waals surface area contributed by atoms with E-state index in [0.29, 0.717) is 12.5 Å². The zero-order chi connectivity index (χ0) is 12.4. The summed E-state index contributed by atoms with van der Waals surface area (Å²) in [7, 11) is 1.43. The maximum absolute atomic E-state index is 11.6. The minimum absolute atomic E-state index is 0.0795. The Labute approximate surface area is 101 Å². The molecule has 17 heavy (non-hydrogen) atoms. The average Bonchev–Trinajstić information content (AvgIpc) is 2.70. The van der Waals surface area contributed by atoms with Crippen molar-refractivity contribution >= 4 is 11.9 Å². The lowest BCUT2D eigenvalue weighted by atomic mass is 9.99. The number of esters is 1. The first-order valence-electron chi connectivity index (χ1n) is 5.74. The third-order valence-corrected chi connectivity index (χ3v) is 3.18. The number of nitrogens with zero attached hydrogens (tertiary/aromatic N) is 3. The topological polar surface area (TPSA) is 55.3 Å². The Kier molecular flexibility index (Phi) is 3.26. The summed E-state index contributed by atoms with van der Waals surface area (Å²) < 4.78 is 4.81. The SMILES string of the molecule is COC(=O)C1CN(c2nccc(C)n2)CC1C. The van der Waals surface area contributed by atoms with Crippen LogP contribution in [0, 0.1) is 18.8 Å².